The number of pyridine rings is 1. The van der Waals surface area contributed by atoms with Crippen molar-refractivity contribution in [2.24, 2.45) is 5.84 Å². The van der Waals surface area contributed by atoms with Crippen LogP contribution >= 0.6 is 15.9 Å². The molecule has 2 rings (SSSR count). The third-order valence-electron chi connectivity index (χ3n) is 2.69. The van der Waals surface area contributed by atoms with Crippen LogP contribution in [0.15, 0.2) is 46.0 Å². The number of sulfonamides is 1. The van der Waals surface area contributed by atoms with Gasteiger partial charge in [0.05, 0.1) is 11.4 Å². The van der Waals surface area contributed by atoms with Crippen molar-refractivity contribution >= 4 is 37.3 Å². The maximum absolute atomic E-state index is 12.4. The third kappa shape index (κ3) is 2.92. The summed E-state index contributed by atoms with van der Waals surface area (Å²) < 4.78 is 28.0. The first-order chi connectivity index (χ1) is 9.45. The molecule has 1 aromatic heterocycles. The molecule has 0 aliphatic rings. The number of rotatable bonds is 4. The van der Waals surface area contributed by atoms with E-state index in [-0.39, 0.29) is 10.7 Å². The molecule has 0 saturated heterocycles. The summed E-state index contributed by atoms with van der Waals surface area (Å²) in [5.74, 6) is 5.30. The number of nitrogen functional groups attached to an aromatic ring is 1. The molecule has 0 spiro atoms. The highest BCUT2D eigenvalue weighted by Crippen LogP contribution is 2.26. The van der Waals surface area contributed by atoms with E-state index in [0.29, 0.717) is 5.69 Å². The van der Waals surface area contributed by atoms with Crippen molar-refractivity contribution in [2.75, 3.05) is 10.1 Å². The monoisotopic (exact) mass is 356 g/mol. The van der Waals surface area contributed by atoms with Crippen molar-refractivity contribution in [3.63, 3.8) is 0 Å². The molecule has 1 heterocycles. The summed E-state index contributed by atoms with van der Waals surface area (Å²) in [5, 5.41) is -0.151. The molecule has 106 valence electrons. The number of anilines is 2. The minimum Gasteiger partial charge on any atom is -0.321 e. The van der Waals surface area contributed by atoms with Crippen LogP contribution in [-0.2, 0) is 10.0 Å². The second-order valence-corrected chi connectivity index (χ2v) is 6.47. The molecule has 0 bridgehead atoms. The number of aromatic nitrogens is 1. The summed E-state index contributed by atoms with van der Waals surface area (Å²) in [7, 11) is -3.82. The maximum Gasteiger partial charge on any atom is 0.281 e. The number of hydrogen-bond acceptors (Lipinski definition) is 5. The van der Waals surface area contributed by atoms with Crippen LogP contribution in [-0.4, -0.2) is 13.4 Å². The molecule has 0 fully saturated rings. The SMILES string of the molecule is Cc1c(Br)cccc1NS(=O)(=O)c1ncccc1NN. The standard InChI is InChI=1S/C12H13BrN4O2S/c1-8-9(13)4-2-5-10(8)17-20(18,19)12-11(16-14)6-3-7-15-12/h2-7,16-17H,14H2,1H3. The summed E-state index contributed by atoms with van der Waals surface area (Å²) in [6.45, 7) is 1.81. The van der Waals surface area contributed by atoms with Gasteiger partial charge in [-0.2, -0.15) is 8.42 Å². The fourth-order valence-electron chi connectivity index (χ4n) is 1.63. The maximum atomic E-state index is 12.4. The largest absolute Gasteiger partial charge is 0.321 e. The molecule has 6 nitrogen and oxygen atoms in total. The molecule has 8 heteroatoms. The molecule has 0 aliphatic carbocycles. The Morgan fingerprint density at radius 3 is 2.60 bits per heavy atom. The van der Waals surface area contributed by atoms with E-state index in [4.69, 9.17) is 5.84 Å². The first kappa shape index (κ1) is 14.8. The fourth-order valence-corrected chi connectivity index (χ4v) is 3.22. The summed E-state index contributed by atoms with van der Waals surface area (Å²) in [4.78, 5) is 3.86. The lowest BCUT2D eigenvalue weighted by molar-refractivity contribution is 0.598. The first-order valence-corrected chi connectivity index (χ1v) is 7.93. The van der Waals surface area contributed by atoms with Crippen LogP contribution in [0.5, 0.6) is 0 Å². The van der Waals surface area contributed by atoms with Gasteiger partial charge >= 0.3 is 0 Å². The topological polar surface area (TPSA) is 97.1 Å². The van der Waals surface area contributed by atoms with E-state index < -0.39 is 10.0 Å². The Balaban J connectivity index is 2.44. The molecule has 4 N–H and O–H groups in total. The van der Waals surface area contributed by atoms with Gasteiger partial charge in [0, 0.05) is 10.7 Å². The van der Waals surface area contributed by atoms with Crippen LogP contribution in [0, 0.1) is 6.92 Å². The van der Waals surface area contributed by atoms with Gasteiger partial charge in [0.2, 0.25) is 5.03 Å². The van der Waals surface area contributed by atoms with Gasteiger partial charge in [0.15, 0.2) is 0 Å². The summed E-state index contributed by atoms with van der Waals surface area (Å²) in [5.41, 5.74) is 3.82. The lowest BCUT2D eigenvalue weighted by Gasteiger charge is -2.13. The number of hydrogen-bond donors (Lipinski definition) is 3. The molecular weight excluding hydrogens is 344 g/mol. The Labute approximate surface area is 125 Å². The van der Waals surface area contributed by atoms with E-state index in [1.54, 1.807) is 18.2 Å². The molecule has 0 amide bonds. The lowest BCUT2D eigenvalue weighted by Crippen LogP contribution is -2.19. The van der Waals surface area contributed by atoms with E-state index in [1.807, 2.05) is 13.0 Å². The summed E-state index contributed by atoms with van der Waals surface area (Å²) >= 11 is 3.36. The molecular formula is C12H13BrN4O2S. The zero-order valence-electron chi connectivity index (χ0n) is 10.6. The molecule has 20 heavy (non-hydrogen) atoms. The highest BCUT2D eigenvalue weighted by atomic mass is 79.9. The van der Waals surface area contributed by atoms with Gasteiger partial charge in [0.1, 0.15) is 0 Å². The number of hydrazine groups is 1. The van der Waals surface area contributed by atoms with Crippen LogP contribution in [0.4, 0.5) is 11.4 Å². The van der Waals surface area contributed by atoms with Gasteiger partial charge in [-0.1, -0.05) is 22.0 Å². The van der Waals surface area contributed by atoms with Crippen LogP contribution in [0.3, 0.4) is 0 Å². The van der Waals surface area contributed by atoms with Crippen molar-refractivity contribution in [1.82, 2.24) is 4.98 Å². The smallest absolute Gasteiger partial charge is 0.281 e. The lowest BCUT2D eigenvalue weighted by atomic mass is 10.2. The Bertz CT molecular complexity index is 734. The van der Waals surface area contributed by atoms with E-state index >= 15 is 0 Å². The van der Waals surface area contributed by atoms with E-state index in [2.05, 4.69) is 31.1 Å². The number of nitrogens with two attached hydrogens (primary N) is 1. The van der Waals surface area contributed by atoms with Crippen molar-refractivity contribution in [1.29, 1.82) is 0 Å². The minimum atomic E-state index is -3.82. The number of benzene rings is 1. The second-order valence-electron chi connectivity index (χ2n) is 4.02. The number of halogens is 1. The van der Waals surface area contributed by atoms with Gasteiger partial charge in [-0.3, -0.25) is 10.6 Å². The average molecular weight is 357 g/mol. The Hall–Kier alpha value is -1.64. The fraction of sp³-hybridized carbons (Fsp3) is 0.0833. The minimum absolute atomic E-state index is 0.151. The zero-order chi connectivity index (χ0) is 14.8. The molecule has 0 atom stereocenters. The van der Waals surface area contributed by atoms with Gasteiger partial charge < -0.3 is 5.43 Å². The quantitative estimate of drug-likeness (QED) is 0.576. The predicted molar refractivity (Wildman–Crippen MR) is 81.7 cm³/mol. The average Bonchev–Trinajstić information content (AvgIpc) is 2.43. The number of nitrogens with zero attached hydrogens (tertiary/aromatic N) is 1. The van der Waals surface area contributed by atoms with Gasteiger partial charge in [0.25, 0.3) is 10.0 Å². The Kier molecular flexibility index (Phi) is 4.26. The van der Waals surface area contributed by atoms with Crippen molar-refractivity contribution < 1.29 is 8.42 Å². The zero-order valence-corrected chi connectivity index (χ0v) is 13.0. The van der Waals surface area contributed by atoms with Crippen molar-refractivity contribution in [3.8, 4) is 0 Å². The molecule has 0 aliphatic heterocycles. The molecule has 2 aromatic rings. The van der Waals surface area contributed by atoms with Crippen LogP contribution < -0.4 is 16.0 Å². The highest BCUT2D eigenvalue weighted by Gasteiger charge is 2.20. The van der Waals surface area contributed by atoms with Crippen LogP contribution in [0.1, 0.15) is 5.56 Å². The summed E-state index contributed by atoms with van der Waals surface area (Å²) in [6, 6.07) is 8.39. The number of nitrogens with one attached hydrogen (secondary N) is 2. The molecule has 0 saturated carbocycles. The van der Waals surface area contributed by atoms with Crippen molar-refractivity contribution in [3.05, 3.63) is 46.6 Å². The Morgan fingerprint density at radius 2 is 1.90 bits per heavy atom. The Morgan fingerprint density at radius 1 is 1.20 bits per heavy atom. The van der Waals surface area contributed by atoms with Gasteiger partial charge in [-0.25, -0.2) is 4.98 Å². The molecule has 0 unspecified atom stereocenters. The normalized spacial score (nSPS) is 11.2. The predicted octanol–water partition coefficient (Wildman–Crippen LogP) is 2.24. The first-order valence-electron chi connectivity index (χ1n) is 5.65. The summed E-state index contributed by atoms with van der Waals surface area (Å²) in [6.07, 6.45) is 1.39. The second kappa shape index (κ2) is 5.78. The molecule has 0 radical (unpaired) electrons. The molecule has 1 aromatic carbocycles. The van der Waals surface area contributed by atoms with E-state index in [1.165, 1.54) is 12.3 Å². The van der Waals surface area contributed by atoms with Crippen LogP contribution in [0.2, 0.25) is 0 Å². The van der Waals surface area contributed by atoms with E-state index in [9.17, 15) is 8.42 Å². The van der Waals surface area contributed by atoms with E-state index in [0.717, 1.165) is 10.0 Å². The van der Waals surface area contributed by atoms with Gasteiger partial charge in [-0.15, -0.1) is 0 Å². The van der Waals surface area contributed by atoms with Crippen molar-refractivity contribution in [2.45, 2.75) is 11.9 Å². The highest BCUT2D eigenvalue weighted by molar-refractivity contribution is 9.10. The van der Waals surface area contributed by atoms with Crippen LogP contribution in [0.25, 0.3) is 0 Å². The van der Waals surface area contributed by atoms with Gasteiger partial charge in [-0.05, 0) is 36.8 Å². The third-order valence-corrected chi connectivity index (χ3v) is 4.88.